The van der Waals surface area contributed by atoms with Gasteiger partial charge in [-0.25, -0.2) is 4.98 Å². The summed E-state index contributed by atoms with van der Waals surface area (Å²) in [6, 6.07) is 8.24. The molecular formula is C14H18N2OS. The molecule has 0 aliphatic carbocycles. The van der Waals surface area contributed by atoms with E-state index in [-0.39, 0.29) is 6.04 Å². The van der Waals surface area contributed by atoms with E-state index in [1.54, 1.807) is 18.4 Å². The van der Waals surface area contributed by atoms with Crippen LogP contribution in [0.25, 0.3) is 0 Å². The monoisotopic (exact) mass is 262 g/mol. The van der Waals surface area contributed by atoms with Crippen molar-refractivity contribution < 1.29 is 4.74 Å². The first-order valence-corrected chi connectivity index (χ1v) is 6.81. The molecule has 1 atom stereocenters. The molecule has 18 heavy (non-hydrogen) atoms. The molecule has 4 heteroatoms. The molecule has 0 radical (unpaired) electrons. The van der Waals surface area contributed by atoms with Crippen LogP contribution in [0.15, 0.2) is 30.5 Å². The van der Waals surface area contributed by atoms with E-state index < -0.39 is 0 Å². The first-order valence-electron chi connectivity index (χ1n) is 6.00. The quantitative estimate of drug-likeness (QED) is 0.901. The molecule has 0 fully saturated rings. The molecule has 1 aromatic heterocycles. The Morgan fingerprint density at radius 2 is 2.17 bits per heavy atom. The summed E-state index contributed by atoms with van der Waals surface area (Å²) in [6.45, 7) is 2.01. The van der Waals surface area contributed by atoms with Gasteiger partial charge in [0.2, 0.25) is 0 Å². The summed E-state index contributed by atoms with van der Waals surface area (Å²) in [7, 11) is 1.70. The molecule has 2 N–H and O–H groups in total. The summed E-state index contributed by atoms with van der Waals surface area (Å²) in [6.07, 6.45) is 3.63. The van der Waals surface area contributed by atoms with Gasteiger partial charge in [0.05, 0.1) is 12.1 Å². The van der Waals surface area contributed by atoms with Crippen LogP contribution in [0.3, 0.4) is 0 Å². The van der Waals surface area contributed by atoms with Gasteiger partial charge in [0.25, 0.3) is 0 Å². The summed E-state index contributed by atoms with van der Waals surface area (Å²) in [5, 5.41) is 1.11. The number of hydrogen-bond donors (Lipinski definition) is 1. The van der Waals surface area contributed by atoms with Crippen LogP contribution >= 0.6 is 11.3 Å². The van der Waals surface area contributed by atoms with Gasteiger partial charge in [-0.15, -0.1) is 11.3 Å². The van der Waals surface area contributed by atoms with E-state index in [0.717, 1.165) is 23.6 Å². The molecule has 0 spiro atoms. The molecule has 0 amide bonds. The molecule has 96 valence electrons. The van der Waals surface area contributed by atoms with Gasteiger partial charge in [-0.2, -0.15) is 0 Å². The largest absolute Gasteiger partial charge is 0.496 e. The zero-order chi connectivity index (χ0) is 13.0. The Bertz CT molecular complexity index is 508. The highest BCUT2D eigenvalue weighted by Crippen LogP contribution is 2.23. The Hall–Kier alpha value is -1.39. The minimum atomic E-state index is 0.185. The number of benzene rings is 1. The van der Waals surface area contributed by atoms with Crippen molar-refractivity contribution >= 4 is 11.3 Å². The topological polar surface area (TPSA) is 48.1 Å². The van der Waals surface area contributed by atoms with Crippen molar-refractivity contribution in [1.29, 1.82) is 0 Å². The predicted molar refractivity (Wildman–Crippen MR) is 75.3 cm³/mol. The Morgan fingerprint density at radius 3 is 2.89 bits per heavy atom. The van der Waals surface area contributed by atoms with Gasteiger partial charge in [0, 0.05) is 29.1 Å². The van der Waals surface area contributed by atoms with Crippen molar-refractivity contribution in [2.45, 2.75) is 25.8 Å². The minimum Gasteiger partial charge on any atom is -0.496 e. The lowest BCUT2D eigenvalue weighted by atomic mass is 10.1. The van der Waals surface area contributed by atoms with Gasteiger partial charge in [0.1, 0.15) is 5.75 Å². The summed E-state index contributed by atoms with van der Waals surface area (Å²) < 4.78 is 5.35. The van der Waals surface area contributed by atoms with Crippen LogP contribution in [0, 0.1) is 0 Å². The fraction of sp³-hybridized carbons (Fsp3) is 0.357. The third-order valence-corrected chi connectivity index (χ3v) is 3.68. The zero-order valence-electron chi connectivity index (χ0n) is 10.7. The van der Waals surface area contributed by atoms with Crippen LogP contribution in [0.5, 0.6) is 5.75 Å². The van der Waals surface area contributed by atoms with Crippen molar-refractivity contribution in [3.8, 4) is 5.75 Å². The number of thiazole rings is 1. The number of nitrogens with zero attached hydrogens (tertiary/aromatic N) is 1. The van der Waals surface area contributed by atoms with E-state index in [4.69, 9.17) is 10.5 Å². The molecule has 0 saturated heterocycles. The number of hydrogen-bond acceptors (Lipinski definition) is 4. The number of aromatic nitrogens is 1. The van der Waals surface area contributed by atoms with Crippen LogP contribution in [-0.4, -0.2) is 18.1 Å². The van der Waals surface area contributed by atoms with Crippen molar-refractivity contribution in [2.75, 3.05) is 7.11 Å². The molecule has 1 aromatic carbocycles. The summed E-state index contributed by atoms with van der Waals surface area (Å²) in [5.74, 6) is 0.918. The maximum atomic E-state index is 5.79. The second-order valence-electron chi connectivity index (χ2n) is 4.39. The van der Waals surface area contributed by atoms with Crippen molar-refractivity contribution in [2.24, 2.45) is 5.73 Å². The van der Waals surface area contributed by atoms with Crippen molar-refractivity contribution in [3.05, 3.63) is 45.9 Å². The van der Waals surface area contributed by atoms with Gasteiger partial charge in [-0.1, -0.05) is 18.2 Å². The third kappa shape index (κ3) is 3.31. The van der Waals surface area contributed by atoms with Crippen molar-refractivity contribution in [3.63, 3.8) is 0 Å². The van der Waals surface area contributed by atoms with Crippen LogP contribution in [0.2, 0.25) is 0 Å². The van der Waals surface area contributed by atoms with Gasteiger partial charge in [-0.3, -0.25) is 0 Å². The highest BCUT2D eigenvalue weighted by molar-refractivity contribution is 7.11. The maximum Gasteiger partial charge on any atom is 0.122 e. The summed E-state index contributed by atoms with van der Waals surface area (Å²) in [5.41, 5.74) is 6.96. The van der Waals surface area contributed by atoms with E-state index in [0.29, 0.717) is 0 Å². The average Bonchev–Trinajstić information content (AvgIpc) is 2.76. The highest BCUT2D eigenvalue weighted by Gasteiger charge is 2.08. The first-order chi connectivity index (χ1) is 8.69. The standard InChI is InChI=1S/C14H18N2OS/c1-10(15)7-12-9-16-14(18-12)8-11-5-3-4-6-13(11)17-2/h3-6,9-10H,7-8,15H2,1-2H3. The number of methoxy groups -OCH3 is 1. The van der Waals surface area contributed by atoms with E-state index in [1.807, 2.05) is 31.3 Å². The lowest BCUT2D eigenvalue weighted by Crippen LogP contribution is -2.16. The molecule has 1 heterocycles. The number of ether oxygens (including phenoxy) is 1. The molecular weight excluding hydrogens is 244 g/mol. The molecule has 0 aliphatic heterocycles. The zero-order valence-corrected chi connectivity index (χ0v) is 11.5. The number of nitrogens with two attached hydrogens (primary N) is 1. The normalized spacial score (nSPS) is 12.4. The molecule has 1 unspecified atom stereocenters. The van der Waals surface area contributed by atoms with Gasteiger partial charge >= 0.3 is 0 Å². The molecule has 2 rings (SSSR count). The second kappa shape index (κ2) is 5.98. The van der Waals surface area contributed by atoms with E-state index in [9.17, 15) is 0 Å². The van der Waals surface area contributed by atoms with E-state index in [2.05, 4.69) is 11.1 Å². The lowest BCUT2D eigenvalue weighted by molar-refractivity contribution is 0.410. The van der Waals surface area contributed by atoms with Crippen LogP contribution in [0.1, 0.15) is 22.4 Å². The number of para-hydroxylation sites is 1. The maximum absolute atomic E-state index is 5.79. The minimum absolute atomic E-state index is 0.185. The van der Waals surface area contributed by atoms with E-state index >= 15 is 0 Å². The summed E-state index contributed by atoms with van der Waals surface area (Å²) >= 11 is 1.73. The highest BCUT2D eigenvalue weighted by atomic mass is 32.1. The SMILES string of the molecule is COc1ccccc1Cc1ncc(CC(C)N)s1. The van der Waals surface area contributed by atoms with Crippen LogP contribution in [0.4, 0.5) is 0 Å². The van der Waals surface area contributed by atoms with Gasteiger partial charge in [-0.05, 0) is 19.4 Å². The van der Waals surface area contributed by atoms with Crippen LogP contribution in [-0.2, 0) is 12.8 Å². The van der Waals surface area contributed by atoms with E-state index in [1.165, 1.54) is 10.4 Å². The molecule has 3 nitrogen and oxygen atoms in total. The molecule has 0 bridgehead atoms. The second-order valence-corrected chi connectivity index (χ2v) is 5.59. The third-order valence-electron chi connectivity index (χ3n) is 2.66. The Morgan fingerprint density at radius 1 is 1.39 bits per heavy atom. The smallest absolute Gasteiger partial charge is 0.122 e. The molecule has 0 saturated carbocycles. The Kier molecular flexibility index (Phi) is 4.33. The summed E-state index contributed by atoms with van der Waals surface area (Å²) in [4.78, 5) is 5.69. The number of rotatable bonds is 5. The molecule has 0 aliphatic rings. The average molecular weight is 262 g/mol. The van der Waals surface area contributed by atoms with Crippen molar-refractivity contribution in [1.82, 2.24) is 4.98 Å². The fourth-order valence-electron chi connectivity index (χ4n) is 1.85. The Labute approximate surface area is 112 Å². The van der Waals surface area contributed by atoms with Gasteiger partial charge < -0.3 is 10.5 Å². The molecule has 2 aromatic rings. The van der Waals surface area contributed by atoms with Gasteiger partial charge in [0.15, 0.2) is 0 Å². The van der Waals surface area contributed by atoms with Crippen LogP contribution < -0.4 is 10.5 Å². The first kappa shape index (κ1) is 13.1. The lowest BCUT2D eigenvalue weighted by Gasteiger charge is -2.05. The fourth-order valence-corrected chi connectivity index (χ4v) is 2.94. The Balaban J connectivity index is 2.11. The predicted octanol–water partition coefficient (Wildman–Crippen LogP) is 2.63.